The van der Waals surface area contributed by atoms with E-state index in [0.29, 0.717) is 16.1 Å². The first kappa shape index (κ1) is 15.8. The summed E-state index contributed by atoms with van der Waals surface area (Å²) in [4.78, 5) is 6.00. The van der Waals surface area contributed by atoms with Crippen LogP contribution in [-0.4, -0.2) is 11.0 Å². The normalized spacial score (nSPS) is 11.3. The molecule has 108 valence electrons. The predicted molar refractivity (Wildman–Crippen MR) is 88.9 cm³/mol. The zero-order valence-electron chi connectivity index (χ0n) is 11.8. The van der Waals surface area contributed by atoms with Gasteiger partial charge in [-0.1, -0.05) is 44.0 Å². The molecule has 2 aromatic rings. The highest BCUT2D eigenvalue weighted by Gasteiger charge is 2.12. The molecule has 1 N–H and O–H groups in total. The lowest BCUT2D eigenvalue weighted by atomic mass is 10.2. The molecule has 1 heterocycles. The number of hydrogen-bond acceptors (Lipinski definition) is 3. The van der Waals surface area contributed by atoms with Crippen molar-refractivity contribution < 1.29 is 0 Å². The third-order valence-electron chi connectivity index (χ3n) is 2.89. The SMILES string of the molecule is CCc1nc(-c2cc(Cl)cc(Cl)c2)sc1CNC(C)C. The van der Waals surface area contributed by atoms with Gasteiger partial charge in [0, 0.05) is 33.1 Å². The van der Waals surface area contributed by atoms with Gasteiger partial charge in [0.25, 0.3) is 0 Å². The Kier molecular flexibility index (Phi) is 5.44. The van der Waals surface area contributed by atoms with E-state index in [0.717, 1.165) is 29.2 Å². The van der Waals surface area contributed by atoms with Gasteiger partial charge in [0.05, 0.1) is 5.69 Å². The fraction of sp³-hybridized carbons (Fsp3) is 0.400. The summed E-state index contributed by atoms with van der Waals surface area (Å²) in [6.07, 6.45) is 0.930. The molecule has 0 saturated carbocycles. The van der Waals surface area contributed by atoms with Crippen LogP contribution in [0.4, 0.5) is 0 Å². The van der Waals surface area contributed by atoms with Gasteiger partial charge < -0.3 is 5.32 Å². The molecule has 0 aliphatic rings. The Hall–Kier alpha value is -0.610. The van der Waals surface area contributed by atoms with Crippen molar-refractivity contribution in [1.82, 2.24) is 10.3 Å². The number of aromatic nitrogens is 1. The molecule has 20 heavy (non-hydrogen) atoms. The fourth-order valence-electron chi connectivity index (χ4n) is 1.90. The van der Waals surface area contributed by atoms with Crippen molar-refractivity contribution in [1.29, 1.82) is 0 Å². The highest BCUT2D eigenvalue weighted by Crippen LogP contribution is 2.32. The smallest absolute Gasteiger partial charge is 0.124 e. The molecule has 1 aromatic heterocycles. The maximum Gasteiger partial charge on any atom is 0.124 e. The van der Waals surface area contributed by atoms with Crippen LogP contribution in [0.15, 0.2) is 18.2 Å². The van der Waals surface area contributed by atoms with Crippen LogP contribution in [0.25, 0.3) is 10.6 Å². The van der Waals surface area contributed by atoms with E-state index in [-0.39, 0.29) is 0 Å². The molecular weight excluding hydrogens is 311 g/mol. The van der Waals surface area contributed by atoms with Crippen molar-refractivity contribution in [3.63, 3.8) is 0 Å². The molecule has 2 nitrogen and oxygen atoms in total. The molecule has 2 rings (SSSR count). The standard InChI is InChI=1S/C15H18Cl2N2S/c1-4-13-14(8-18-9(2)3)20-15(19-13)10-5-11(16)7-12(17)6-10/h5-7,9,18H,4,8H2,1-3H3. The van der Waals surface area contributed by atoms with Crippen molar-refractivity contribution in [3.8, 4) is 10.6 Å². The Morgan fingerprint density at radius 3 is 2.40 bits per heavy atom. The first-order chi connectivity index (χ1) is 9.49. The molecule has 0 fully saturated rings. The molecular formula is C15H18Cl2N2S. The number of halogens is 2. The highest BCUT2D eigenvalue weighted by molar-refractivity contribution is 7.15. The summed E-state index contributed by atoms with van der Waals surface area (Å²) >= 11 is 13.8. The molecule has 5 heteroatoms. The molecule has 0 bridgehead atoms. The zero-order chi connectivity index (χ0) is 14.7. The summed E-state index contributed by atoms with van der Waals surface area (Å²) in [6, 6.07) is 6.02. The van der Waals surface area contributed by atoms with Gasteiger partial charge in [0.15, 0.2) is 0 Å². The lowest BCUT2D eigenvalue weighted by Gasteiger charge is -2.06. The van der Waals surface area contributed by atoms with Crippen LogP contribution in [0.3, 0.4) is 0 Å². The monoisotopic (exact) mass is 328 g/mol. The molecule has 0 atom stereocenters. The molecule has 0 radical (unpaired) electrons. The highest BCUT2D eigenvalue weighted by atomic mass is 35.5. The summed E-state index contributed by atoms with van der Waals surface area (Å²) in [5, 5.41) is 5.70. The van der Waals surface area contributed by atoms with Crippen LogP contribution in [0.1, 0.15) is 31.3 Å². The van der Waals surface area contributed by atoms with E-state index in [9.17, 15) is 0 Å². The molecule has 0 amide bonds. The topological polar surface area (TPSA) is 24.9 Å². The summed E-state index contributed by atoms with van der Waals surface area (Å²) in [7, 11) is 0. The molecule has 0 saturated heterocycles. The van der Waals surface area contributed by atoms with E-state index in [4.69, 9.17) is 28.2 Å². The van der Waals surface area contributed by atoms with E-state index >= 15 is 0 Å². The van der Waals surface area contributed by atoms with Crippen LogP contribution in [-0.2, 0) is 13.0 Å². The molecule has 0 spiro atoms. The second-order valence-electron chi connectivity index (χ2n) is 4.94. The second kappa shape index (κ2) is 6.90. The average molecular weight is 329 g/mol. The van der Waals surface area contributed by atoms with Gasteiger partial charge in [-0.3, -0.25) is 0 Å². The average Bonchev–Trinajstić information content (AvgIpc) is 2.78. The molecule has 0 aliphatic carbocycles. The molecule has 0 aliphatic heterocycles. The summed E-state index contributed by atoms with van der Waals surface area (Å²) in [6.45, 7) is 7.27. The third-order valence-corrected chi connectivity index (χ3v) is 4.48. The Morgan fingerprint density at radius 1 is 1.20 bits per heavy atom. The quantitative estimate of drug-likeness (QED) is 0.818. The van der Waals surface area contributed by atoms with Gasteiger partial charge in [0.1, 0.15) is 5.01 Å². The number of nitrogens with zero attached hydrogens (tertiary/aromatic N) is 1. The Bertz CT molecular complexity index is 573. The van der Waals surface area contributed by atoms with Gasteiger partial charge in [-0.05, 0) is 24.6 Å². The Balaban J connectivity index is 2.32. The van der Waals surface area contributed by atoms with Gasteiger partial charge >= 0.3 is 0 Å². The van der Waals surface area contributed by atoms with Crippen molar-refractivity contribution in [3.05, 3.63) is 38.8 Å². The van der Waals surface area contributed by atoms with Gasteiger partial charge in [0.2, 0.25) is 0 Å². The Morgan fingerprint density at radius 2 is 1.85 bits per heavy atom. The van der Waals surface area contributed by atoms with E-state index in [1.165, 1.54) is 4.88 Å². The summed E-state index contributed by atoms with van der Waals surface area (Å²) in [5.41, 5.74) is 2.13. The van der Waals surface area contributed by atoms with Crippen molar-refractivity contribution >= 4 is 34.5 Å². The summed E-state index contributed by atoms with van der Waals surface area (Å²) in [5.74, 6) is 0. The number of thiazole rings is 1. The molecule has 0 unspecified atom stereocenters. The third kappa shape index (κ3) is 3.95. The van der Waals surface area contributed by atoms with E-state index in [2.05, 4.69) is 26.1 Å². The number of hydrogen-bond donors (Lipinski definition) is 1. The lowest BCUT2D eigenvalue weighted by Crippen LogP contribution is -2.21. The van der Waals surface area contributed by atoms with Crippen molar-refractivity contribution in [2.24, 2.45) is 0 Å². The number of benzene rings is 1. The number of aryl methyl sites for hydroxylation is 1. The van der Waals surface area contributed by atoms with E-state index in [1.807, 2.05) is 12.1 Å². The van der Waals surface area contributed by atoms with Crippen LogP contribution >= 0.6 is 34.5 Å². The van der Waals surface area contributed by atoms with Crippen LogP contribution < -0.4 is 5.32 Å². The second-order valence-corrected chi connectivity index (χ2v) is 6.89. The molecule has 1 aromatic carbocycles. The van der Waals surface area contributed by atoms with Crippen LogP contribution in [0.5, 0.6) is 0 Å². The minimum atomic E-state index is 0.464. The maximum absolute atomic E-state index is 6.06. The van der Waals surface area contributed by atoms with Crippen LogP contribution in [0, 0.1) is 0 Å². The van der Waals surface area contributed by atoms with Crippen molar-refractivity contribution in [2.45, 2.75) is 39.8 Å². The van der Waals surface area contributed by atoms with E-state index in [1.54, 1.807) is 17.4 Å². The van der Waals surface area contributed by atoms with Gasteiger partial charge in [-0.2, -0.15) is 0 Å². The number of rotatable bonds is 5. The maximum atomic E-state index is 6.06. The lowest BCUT2D eigenvalue weighted by molar-refractivity contribution is 0.590. The van der Waals surface area contributed by atoms with Crippen LogP contribution in [0.2, 0.25) is 10.0 Å². The first-order valence-corrected chi connectivity index (χ1v) is 8.25. The largest absolute Gasteiger partial charge is 0.310 e. The van der Waals surface area contributed by atoms with Gasteiger partial charge in [-0.15, -0.1) is 11.3 Å². The number of nitrogens with one attached hydrogen (secondary N) is 1. The zero-order valence-corrected chi connectivity index (χ0v) is 14.2. The first-order valence-electron chi connectivity index (χ1n) is 6.68. The predicted octanol–water partition coefficient (Wildman–Crippen LogP) is 5.18. The minimum Gasteiger partial charge on any atom is -0.310 e. The minimum absolute atomic E-state index is 0.464. The fourth-order valence-corrected chi connectivity index (χ4v) is 3.51. The van der Waals surface area contributed by atoms with E-state index < -0.39 is 0 Å². The Labute approximate surface area is 134 Å². The van der Waals surface area contributed by atoms with Crippen molar-refractivity contribution in [2.75, 3.05) is 0 Å². The summed E-state index contributed by atoms with van der Waals surface area (Å²) < 4.78 is 0. The van der Waals surface area contributed by atoms with Gasteiger partial charge in [-0.25, -0.2) is 4.98 Å².